The first-order chi connectivity index (χ1) is 16.1. The van der Waals surface area contributed by atoms with E-state index in [0.29, 0.717) is 0 Å². The number of benzene rings is 4. The Balaban J connectivity index is 1.94. The minimum atomic E-state index is -0.258. The first-order valence-corrected chi connectivity index (χ1v) is 12.6. The molecule has 6 rings (SSSR count). The average Bonchev–Trinajstić information content (AvgIpc) is 3.26. The van der Waals surface area contributed by atoms with Crippen LogP contribution in [0.2, 0.25) is 0 Å². The lowest BCUT2D eigenvalue weighted by molar-refractivity contribution is 0.787. The molecule has 0 bridgehead atoms. The van der Waals surface area contributed by atoms with Gasteiger partial charge in [-0.25, -0.2) is 0 Å². The maximum atomic E-state index is 2.51. The first-order valence-electron chi connectivity index (χ1n) is 12.6. The minimum Gasteiger partial charge on any atom is -0.0619 e. The molecule has 0 unspecified atom stereocenters. The lowest BCUT2D eigenvalue weighted by atomic mass is 9.69. The fourth-order valence-corrected chi connectivity index (χ4v) is 7.02. The standard InChI is InChI=1S/C34H34/c1-17-14-28-31(23(7)20(17)4)26-12-10-11-13-27(26)34(28)29-15-18(2)21(5)24(8)32(29)33-25(9)22(6)19(3)16-30(33)34/h10-16H,1-9H3. The van der Waals surface area contributed by atoms with Gasteiger partial charge in [-0.3, -0.25) is 0 Å². The smallest absolute Gasteiger partial charge is 0.0619 e. The van der Waals surface area contributed by atoms with Gasteiger partial charge in [-0.05, 0) is 157 Å². The summed E-state index contributed by atoms with van der Waals surface area (Å²) in [7, 11) is 0. The number of hydrogen-bond donors (Lipinski definition) is 0. The van der Waals surface area contributed by atoms with Crippen molar-refractivity contribution in [2.24, 2.45) is 0 Å². The normalized spacial score (nSPS) is 14.3. The first kappa shape index (κ1) is 21.4. The molecule has 0 heteroatoms. The Labute approximate surface area is 204 Å². The molecule has 0 N–H and O–H groups in total. The van der Waals surface area contributed by atoms with E-state index in [0.717, 1.165) is 0 Å². The van der Waals surface area contributed by atoms with Gasteiger partial charge in [0.15, 0.2) is 0 Å². The van der Waals surface area contributed by atoms with Gasteiger partial charge in [0.2, 0.25) is 0 Å². The third-order valence-corrected chi connectivity index (χ3v) is 9.54. The highest BCUT2D eigenvalue weighted by atomic mass is 14.5. The van der Waals surface area contributed by atoms with Crippen LogP contribution in [0.5, 0.6) is 0 Å². The van der Waals surface area contributed by atoms with Crippen molar-refractivity contribution in [1.29, 1.82) is 0 Å². The fourth-order valence-electron chi connectivity index (χ4n) is 7.02. The summed E-state index contributed by atoms with van der Waals surface area (Å²) in [6.07, 6.45) is 0. The van der Waals surface area contributed by atoms with E-state index in [4.69, 9.17) is 0 Å². The number of hydrogen-bond acceptors (Lipinski definition) is 0. The Morgan fingerprint density at radius 1 is 0.412 bits per heavy atom. The third kappa shape index (κ3) is 2.25. The Hall–Kier alpha value is -3.12. The van der Waals surface area contributed by atoms with Gasteiger partial charge in [-0.1, -0.05) is 42.5 Å². The van der Waals surface area contributed by atoms with E-state index in [9.17, 15) is 0 Å². The van der Waals surface area contributed by atoms with Crippen LogP contribution in [0.3, 0.4) is 0 Å². The third-order valence-electron chi connectivity index (χ3n) is 9.54. The second kappa shape index (κ2) is 6.72. The van der Waals surface area contributed by atoms with E-state index < -0.39 is 0 Å². The van der Waals surface area contributed by atoms with Gasteiger partial charge in [0, 0.05) is 0 Å². The predicted octanol–water partition coefficient (Wildman–Crippen LogP) is 8.81. The van der Waals surface area contributed by atoms with Crippen LogP contribution in [0.1, 0.15) is 72.3 Å². The van der Waals surface area contributed by atoms with E-state index in [2.05, 4.69) is 105 Å². The molecule has 1 spiro atoms. The second-order valence-corrected chi connectivity index (χ2v) is 10.9. The molecule has 4 aromatic carbocycles. The van der Waals surface area contributed by atoms with Crippen LogP contribution in [0.15, 0.2) is 42.5 Å². The quantitative estimate of drug-likeness (QED) is 0.220. The molecule has 0 radical (unpaired) electrons. The second-order valence-electron chi connectivity index (χ2n) is 10.9. The Bertz CT molecular complexity index is 1510. The Morgan fingerprint density at radius 3 is 1.26 bits per heavy atom. The average molecular weight is 443 g/mol. The topological polar surface area (TPSA) is 0 Å². The van der Waals surface area contributed by atoms with Gasteiger partial charge in [0.25, 0.3) is 0 Å². The van der Waals surface area contributed by atoms with Crippen molar-refractivity contribution in [3.05, 3.63) is 115 Å². The zero-order valence-corrected chi connectivity index (χ0v) is 22.0. The molecule has 0 saturated carbocycles. The van der Waals surface area contributed by atoms with Crippen LogP contribution in [0.25, 0.3) is 22.3 Å². The largest absolute Gasteiger partial charge is 0.0726 e. The molecule has 0 aliphatic heterocycles. The summed E-state index contributed by atoms with van der Waals surface area (Å²) in [5, 5.41) is 0. The van der Waals surface area contributed by atoms with E-state index in [1.807, 2.05) is 0 Å². The highest BCUT2D eigenvalue weighted by Crippen LogP contribution is 2.65. The van der Waals surface area contributed by atoms with E-state index in [-0.39, 0.29) is 5.41 Å². The molecule has 4 aromatic rings. The van der Waals surface area contributed by atoms with Crippen LogP contribution in [-0.4, -0.2) is 0 Å². The van der Waals surface area contributed by atoms with Crippen LogP contribution in [0, 0.1) is 62.3 Å². The molecule has 34 heavy (non-hydrogen) atoms. The van der Waals surface area contributed by atoms with Gasteiger partial charge >= 0.3 is 0 Å². The van der Waals surface area contributed by atoms with Gasteiger partial charge in [0.05, 0.1) is 5.41 Å². The summed E-state index contributed by atoms with van der Waals surface area (Å²) in [5.74, 6) is 0. The summed E-state index contributed by atoms with van der Waals surface area (Å²) in [6, 6.07) is 16.7. The molecule has 0 heterocycles. The molecule has 0 atom stereocenters. The van der Waals surface area contributed by atoms with Crippen molar-refractivity contribution in [2.75, 3.05) is 0 Å². The predicted molar refractivity (Wildman–Crippen MR) is 145 cm³/mol. The molecular formula is C34H34. The summed E-state index contributed by atoms with van der Waals surface area (Å²) in [5.41, 5.74) is 24.1. The Kier molecular flexibility index (Phi) is 4.24. The Morgan fingerprint density at radius 2 is 0.794 bits per heavy atom. The van der Waals surface area contributed by atoms with Crippen LogP contribution < -0.4 is 0 Å². The lowest BCUT2D eigenvalue weighted by Crippen LogP contribution is -2.26. The molecule has 0 nitrogen and oxygen atoms in total. The van der Waals surface area contributed by atoms with Crippen molar-refractivity contribution in [3.8, 4) is 22.3 Å². The molecule has 0 amide bonds. The number of rotatable bonds is 0. The van der Waals surface area contributed by atoms with Crippen LogP contribution in [-0.2, 0) is 5.41 Å². The summed E-state index contributed by atoms with van der Waals surface area (Å²) in [4.78, 5) is 0. The van der Waals surface area contributed by atoms with Gasteiger partial charge in [-0.2, -0.15) is 0 Å². The lowest BCUT2D eigenvalue weighted by Gasteiger charge is -2.32. The van der Waals surface area contributed by atoms with E-state index >= 15 is 0 Å². The summed E-state index contributed by atoms with van der Waals surface area (Å²) < 4.78 is 0. The van der Waals surface area contributed by atoms with E-state index in [1.54, 1.807) is 0 Å². The van der Waals surface area contributed by atoms with Crippen LogP contribution in [0.4, 0.5) is 0 Å². The maximum absolute atomic E-state index is 2.51. The molecule has 2 aliphatic carbocycles. The maximum Gasteiger partial charge on any atom is 0.0726 e. The SMILES string of the molecule is Cc1cc2c(c(C)c1C)-c1ccccc1C21c2cc(C)c(C)c(C)c2-c2c1cc(C)c(C)c2C. The molecule has 0 aromatic heterocycles. The molecule has 2 aliphatic rings. The summed E-state index contributed by atoms with van der Waals surface area (Å²) in [6.45, 7) is 20.7. The molecule has 0 saturated heterocycles. The highest BCUT2D eigenvalue weighted by molar-refractivity contribution is 5.98. The molecular weight excluding hydrogens is 408 g/mol. The molecule has 0 fully saturated rings. The van der Waals surface area contributed by atoms with Crippen molar-refractivity contribution >= 4 is 0 Å². The van der Waals surface area contributed by atoms with Crippen molar-refractivity contribution in [2.45, 2.75) is 67.7 Å². The monoisotopic (exact) mass is 442 g/mol. The molecule has 170 valence electrons. The van der Waals surface area contributed by atoms with Crippen LogP contribution >= 0.6 is 0 Å². The van der Waals surface area contributed by atoms with Gasteiger partial charge < -0.3 is 0 Å². The van der Waals surface area contributed by atoms with Crippen molar-refractivity contribution in [3.63, 3.8) is 0 Å². The zero-order chi connectivity index (χ0) is 24.3. The summed E-state index contributed by atoms with van der Waals surface area (Å²) >= 11 is 0. The van der Waals surface area contributed by atoms with Crippen molar-refractivity contribution in [1.82, 2.24) is 0 Å². The zero-order valence-electron chi connectivity index (χ0n) is 22.0. The van der Waals surface area contributed by atoms with Gasteiger partial charge in [0.1, 0.15) is 0 Å². The number of aryl methyl sites for hydroxylation is 3. The number of fused-ring (bicyclic) bond motifs is 10. The highest BCUT2D eigenvalue weighted by Gasteiger charge is 2.53. The fraction of sp³-hybridized carbons (Fsp3) is 0.294. The minimum absolute atomic E-state index is 0.258. The van der Waals surface area contributed by atoms with Gasteiger partial charge in [-0.15, -0.1) is 0 Å². The van der Waals surface area contributed by atoms with E-state index in [1.165, 1.54) is 94.6 Å². The van der Waals surface area contributed by atoms with Crippen molar-refractivity contribution < 1.29 is 0 Å².